The summed E-state index contributed by atoms with van der Waals surface area (Å²) < 4.78 is 15.8. The monoisotopic (exact) mass is 237 g/mol. The maximum atomic E-state index is 5.48. The van der Waals surface area contributed by atoms with Crippen LogP contribution in [0.5, 0.6) is 5.75 Å². The fourth-order valence-corrected chi connectivity index (χ4v) is 1.85. The highest BCUT2D eigenvalue weighted by molar-refractivity contribution is 5.53. The van der Waals surface area contributed by atoms with E-state index in [-0.39, 0.29) is 6.10 Å². The second-order valence-corrected chi connectivity index (χ2v) is 4.17. The Bertz CT molecular complexity index is 362. The van der Waals surface area contributed by atoms with Crippen LogP contribution in [0, 0.1) is 6.92 Å². The minimum Gasteiger partial charge on any atom is -0.497 e. The van der Waals surface area contributed by atoms with Crippen LogP contribution in [0.1, 0.15) is 12.0 Å². The lowest BCUT2D eigenvalue weighted by Gasteiger charge is -2.23. The van der Waals surface area contributed by atoms with Crippen LogP contribution in [0.4, 0.5) is 5.69 Å². The Labute approximate surface area is 102 Å². The molecule has 1 N–H and O–H groups in total. The summed E-state index contributed by atoms with van der Waals surface area (Å²) >= 11 is 0. The molecule has 17 heavy (non-hydrogen) atoms. The molecule has 1 aliphatic rings. The van der Waals surface area contributed by atoms with Crippen LogP contribution in [0.25, 0.3) is 0 Å². The molecule has 0 aromatic heterocycles. The van der Waals surface area contributed by atoms with E-state index < -0.39 is 0 Å². The molecule has 1 aliphatic heterocycles. The summed E-state index contributed by atoms with van der Waals surface area (Å²) in [7, 11) is 1.68. The maximum Gasteiger partial charge on any atom is 0.147 e. The lowest BCUT2D eigenvalue weighted by molar-refractivity contribution is -0.133. The number of anilines is 1. The van der Waals surface area contributed by atoms with Gasteiger partial charge in [0.2, 0.25) is 0 Å². The molecule has 4 nitrogen and oxygen atoms in total. The molecule has 0 spiro atoms. The van der Waals surface area contributed by atoms with Gasteiger partial charge in [0.25, 0.3) is 0 Å². The van der Waals surface area contributed by atoms with Crippen molar-refractivity contribution in [3.8, 4) is 5.75 Å². The van der Waals surface area contributed by atoms with Gasteiger partial charge in [-0.05, 0) is 37.1 Å². The quantitative estimate of drug-likeness (QED) is 0.871. The molecular formula is C13H19NO3. The molecule has 4 heteroatoms. The third kappa shape index (κ3) is 3.35. The molecule has 0 amide bonds. The Morgan fingerprint density at radius 1 is 1.47 bits per heavy atom. The van der Waals surface area contributed by atoms with Gasteiger partial charge in [0.15, 0.2) is 0 Å². The van der Waals surface area contributed by atoms with E-state index in [4.69, 9.17) is 14.2 Å². The van der Waals surface area contributed by atoms with E-state index >= 15 is 0 Å². The standard InChI is InChI=1S/C13H19NO3/c1-10-7-11(15-2)3-4-13(10)14-8-12-5-6-16-9-17-12/h3-4,7,12,14H,5-6,8-9H2,1-2H3. The molecule has 1 heterocycles. The number of rotatable bonds is 4. The fourth-order valence-electron chi connectivity index (χ4n) is 1.85. The molecule has 0 aliphatic carbocycles. The molecule has 1 aromatic rings. The van der Waals surface area contributed by atoms with Crippen LogP contribution in [-0.4, -0.2) is 33.2 Å². The molecule has 0 radical (unpaired) electrons. The third-order valence-electron chi connectivity index (χ3n) is 2.92. The Balaban J connectivity index is 1.89. The highest BCUT2D eigenvalue weighted by Gasteiger charge is 2.13. The minimum atomic E-state index is 0.241. The Morgan fingerprint density at radius 2 is 2.35 bits per heavy atom. The van der Waals surface area contributed by atoms with Gasteiger partial charge in [-0.2, -0.15) is 0 Å². The summed E-state index contributed by atoms with van der Waals surface area (Å²) in [6.07, 6.45) is 1.19. The van der Waals surface area contributed by atoms with E-state index in [1.165, 1.54) is 5.56 Å². The van der Waals surface area contributed by atoms with Crippen molar-refractivity contribution in [2.75, 3.05) is 32.4 Å². The van der Waals surface area contributed by atoms with Crippen LogP contribution in [-0.2, 0) is 9.47 Å². The third-order valence-corrected chi connectivity index (χ3v) is 2.92. The molecule has 94 valence electrons. The van der Waals surface area contributed by atoms with Gasteiger partial charge < -0.3 is 19.5 Å². The molecule has 1 atom stereocenters. The molecule has 1 unspecified atom stereocenters. The smallest absolute Gasteiger partial charge is 0.147 e. The first kappa shape index (κ1) is 12.2. The first-order valence-electron chi connectivity index (χ1n) is 5.87. The van der Waals surface area contributed by atoms with E-state index in [2.05, 4.69) is 12.2 Å². The van der Waals surface area contributed by atoms with Crippen molar-refractivity contribution in [1.82, 2.24) is 0 Å². The van der Waals surface area contributed by atoms with E-state index in [1.54, 1.807) is 7.11 Å². The van der Waals surface area contributed by atoms with E-state index in [1.807, 2.05) is 18.2 Å². The Kier molecular flexibility index (Phi) is 4.23. The highest BCUT2D eigenvalue weighted by Crippen LogP contribution is 2.21. The zero-order chi connectivity index (χ0) is 12.1. The number of aryl methyl sites for hydroxylation is 1. The normalized spacial score (nSPS) is 20.0. The van der Waals surface area contributed by atoms with Crippen molar-refractivity contribution in [2.24, 2.45) is 0 Å². The zero-order valence-corrected chi connectivity index (χ0v) is 10.4. The lowest BCUT2D eigenvalue weighted by atomic mass is 10.1. The second kappa shape index (κ2) is 5.89. The molecule has 0 bridgehead atoms. The number of methoxy groups -OCH3 is 1. The van der Waals surface area contributed by atoms with E-state index in [0.717, 1.165) is 31.0 Å². The van der Waals surface area contributed by atoms with Crippen molar-refractivity contribution in [3.05, 3.63) is 23.8 Å². The first-order valence-corrected chi connectivity index (χ1v) is 5.87. The Hall–Kier alpha value is -1.26. The van der Waals surface area contributed by atoms with Crippen molar-refractivity contribution in [2.45, 2.75) is 19.4 Å². The lowest BCUT2D eigenvalue weighted by Crippen LogP contribution is -2.30. The van der Waals surface area contributed by atoms with Gasteiger partial charge in [0, 0.05) is 12.2 Å². The summed E-state index contributed by atoms with van der Waals surface area (Å²) in [5.74, 6) is 0.885. The van der Waals surface area contributed by atoms with Gasteiger partial charge >= 0.3 is 0 Å². The van der Waals surface area contributed by atoms with Crippen LogP contribution in [0.2, 0.25) is 0 Å². The summed E-state index contributed by atoms with van der Waals surface area (Å²) in [6, 6.07) is 6.01. The summed E-state index contributed by atoms with van der Waals surface area (Å²) in [5.41, 5.74) is 2.30. The summed E-state index contributed by atoms with van der Waals surface area (Å²) in [5, 5.41) is 3.40. The number of nitrogens with one attached hydrogen (secondary N) is 1. The number of hydrogen-bond donors (Lipinski definition) is 1. The maximum absolute atomic E-state index is 5.48. The molecular weight excluding hydrogens is 218 g/mol. The zero-order valence-electron chi connectivity index (χ0n) is 10.4. The first-order chi connectivity index (χ1) is 8.29. The predicted octanol–water partition coefficient (Wildman–Crippen LogP) is 2.18. The van der Waals surface area contributed by atoms with Gasteiger partial charge in [-0.15, -0.1) is 0 Å². The van der Waals surface area contributed by atoms with E-state index in [9.17, 15) is 0 Å². The number of hydrogen-bond acceptors (Lipinski definition) is 4. The van der Waals surface area contributed by atoms with Gasteiger partial charge in [-0.3, -0.25) is 0 Å². The number of ether oxygens (including phenoxy) is 3. The van der Waals surface area contributed by atoms with Gasteiger partial charge in [-0.1, -0.05) is 0 Å². The minimum absolute atomic E-state index is 0.241. The van der Waals surface area contributed by atoms with Crippen LogP contribution in [0.3, 0.4) is 0 Å². The molecule has 1 saturated heterocycles. The summed E-state index contributed by atoms with van der Waals surface area (Å²) in [4.78, 5) is 0. The SMILES string of the molecule is COc1ccc(NCC2CCOCO2)c(C)c1. The molecule has 1 fully saturated rings. The van der Waals surface area contributed by atoms with E-state index in [0.29, 0.717) is 6.79 Å². The van der Waals surface area contributed by atoms with Crippen molar-refractivity contribution in [1.29, 1.82) is 0 Å². The highest BCUT2D eigenvalue weighted by atomic mass is 16.7. The van der Waals surface area contributed by atoms with Crippen LogP contribution >= 0.6 is 0 Å². The second-order valence-electron chi connectivity index (χ2n) is 4.17. The van der Waals surface area contributed by atoms with Crippen LogP contribution in [0.15, 0.2) is 18.2 Å². The fraction of sp³-hybridized carbons (Fsp3) is 0.538. The van der Waals surface area contributed by atoms with Crippen molar-refractivity contribution >= 4 is 5.69 Å². The molecule has 2 rings (SSSR count). The van der Waals surface area contributed by atoms with Gasteiger partial charge in [0.1, 0.15) is 12.5 Å². The predicted molar refractivity (Wildman–Crippen MR) is 66.5 cm³/mol. The van der Waals surface area contributed by atoms with Gasteiger partial charge in [0.05, 0.1) is 19.8 Å². The largest absolute Gasteiger partial charge is 0.497 e. The van der Waals surface area contributed by atoms with Crippen LogP contribution < -0.4 is 10.1 Å². The molecule has 0 saturated carbocycles. The average Bonchev–Trinajstić information content (AvgIpc) is 2.38. The number of benzene rings is 1. The average molecular weight is 237 g/mol. The Morgan fingerprint density at radius 3 is 3.00 bits per heavy atom. The van der Waals surface area contributed by atoms with Gasteiger partial charge in [-0.25, -0.2) is 0 Å². The topological polar surface area (TPSA) is 39.7 Å². The summed E-state index contributed by atoms with van der Waals surface area (Å²) in [6.45, 7) is 4.08. The molecule has 1 aromatic carbocycles. The van der Waals surface area contributed by atoms with Crippen molar-refractivity contribution < 1.29 is 14.2 Å². The van der Waals surface area contributed by atoms with Crippen molar-refractivity contribution in [3.63, 3.8) is 0 Å².